The third-order valence-corrected chi connectivity index (χ3v) is 7.04. The summed E-state index contributed by atoms with van der Waals surface area (Å²) >= 11 is 0. The van der Waals surface area contributed by atoms with Crippen LogP contribution in [0, 0.1) is 5.92 Å². The summed E-state index contributed by atoms with van der Waals surface area (Å²) in [4.78, 5) is 15.4. The first-order valence-electron chi connectivity index (χ1n) is 13.0. The Morgan fingerprint density at radius 2 is 1.86 bits per heavy atom. The van der Waals surface area contributed by atoms with Gasteiger partial charge in [-0.15, -0.1) is 0 Å². The first-order valence-corrected chi connectivity index (χ1v) is 13.0. The molecule has 0 radical (unpaired) electrons. The van der Waals surface area contributed by atoms with Gasteiger partial charge in [0.15, 0.2) is 0 Å². The maximum absolute atomic E-state index is 13.0. The molecular formula is C31H37N2O3+. The molecule has 0 amide bonds. The zero-order chi connectivity index (χ0) is 25.7. The monoisotopic (exact) mass is 485 g/mol. The quantitative estimate of drug-likeness (QED) is 0.262. The van der Waals surface area contributed by atoms with Gasteiger partial charge in [-0.05, 0) is 63.1 Å². The average Bonchev–Trinajstić information content (AvgIpc) is 2.91. The molecule has 0 spiro atoms. The molecule has 2 atom stereocenters. The number of nitrogens with zero attached hydrogens (tertiary/aromatic N) is 2. The van der Waals surface area contributed by atoms with Crippen molar-refractivity contribution in [1.29, 1.82) is 0 Å². The van der Waals surface area contributed by atoms with E-state index in [0.29, 0.717) is 5.56 Å². The highest BCUT2D eigenvalue weighted by Gasteiger charge is 2.38. The highest BCUT2D eigenvalue weighted by atomic mass is 16.5. The van der Waals surface area contributed by atoms with Crippen molar-refractivity contribution in [2.45, 2.75) is 33.8 Å². The summed E-state index contributed by atoms with van der Waals surface area (Å²) in [7, 11) is 0. The van der Waals surface area contributed by atoms with Gasteiger partial charge >= 0.3 is 5.97 Å². The van der Waals surface area contributed by atoms with Gasteiger partial charge in [0.05, 0.1) is 11.6 Å². The zero-order valence-corrected chi connectivity index (χ0v) is 21.9. The van der Waals surface area contributed by atoms with Crippen LogP contribution in [0.5, 0.6) is 0 Å². The lowest BCUT2D eigenvalue weighted by molar-refractivity contribution is -0.519. The number of likely N-dealkylation sites (N-methyl/N-ethyl adjacent to an activating group) is 1. The normalized spacial score (nSPS) is 20.1. The van der Waals surface area contributed by atoms with Crippen LogP contribution in [0.4, 0.5) is 0 Å². The van der Waals surface area contributed by atoms with E-state index in [-0.39, 0.29) is 24.6 Å². The fourth-order valence-corrected chi connectivity index (χ4v) is 5.18. The summed E-state index contributed by atoms with van der Waals surface area (Å²) in [6, 6.07) is 7.71. The molecule has 0 bridgehead atoms. The fraction of sp³-hybridized carbons (Fsp3) is 0.355. The smallest absolute Gasteiger partial charge is 0.339 e. The predicted molar refractivity (Wildman–Crippen MR) is 146 cm³/mol. The highest BCUT2D eigenvalue weighted by Crippen LogP contribution is 2.45. The number of hydrogen-bond acceptors (Lipinski definition) is 4. The molecule has 5 nitrogen and oxygen atoms in total. The first kappa shape index (κ1) is 25.5. The Balaban J connectivity index is 1.89. The van der Waals surface area contributed by atoms with Crippen molar-refractivity contribution in [2.75, 3.05) is 32.8 Å². The Morgan fingerprint density at radius 1 is 1.11 bits per heavy atom. The molecule has 0 fully saturated rings. The molecule has 0 saturated heterocycles. The minimum absolute atomic E-state index is 0.0236. The van der Waals surface area contributed by atoms with E-state index in [2.05, 4.69) is 80.2 Å². The third-order valence-electron chi connectivity index (χ3n) is 7.04. The molecule has 1 aliphatic heterocycles. The standard InChI is InChI=1S/C31H37N2O3/c1-6-19-35-31(34)25-14-12-11-13-24(25)30-26-17-15-22(32(7-2)8-3)20-28(26)36-29-21-23(16-18-27(29)30)33(9-4)10-5/h6,11-18,20-21,26,28H,1,7-10,19H2,2-5H3/q+1. The SMILES string of the molecule is C=CCOC(=O)c1ccccc1C1=C2C=CC(=[N+](CC)CC)C=C2OC2C=C(N(CC)CC)C=CC12. The molecule has 188 valence electrons. The highest BCUT2D eigenvalue weighted by molar-refractivity contribution is 6.05. The van der Waals surface area contributed by atoms with Gasteiger partial charge in [0.1, 0.15) is 31.6 Å². The van der Waals surface area contributed by atoms with Crippen molar-refractivity contribution in [2.24, 2.45) is 5.92 Å². The Hall–Kier alpha value is -3.60. The van der Waals surface area contributed by atoms with Gasteiger partial charge in [-0.3, -0.25) is 0 Å². The maximum Gasteiger partial charge on any atom is 0.339 e. The molecule has 3 aliphatic rings. The lowest BCUT2D eigenvalue weighted by atomic mass is 9.77. The summed E-state index contributed by atoms with van der Waals surface area (Å²) < 4.78 is 14.4. The van der Waals surface area contributed by atoms with E-state index in [9.17, 15) is 4.79 Å². The molecule has 1 aromatic rings. The number of carbonyl (C=O) groups excluding carboxylic acids is 1. The van der Waals surface area contributed by atoms with Crippen molar-refractivity contribution < 1.29 is 18.8 Å². The van der Waals surface area contributed by atoms with E-state index in [0.717, 1.165) is 54.4 Å². The Kier molecular flexibility index (Phi) is 8.09. The molecule has 0 aromatic heterocycles. The Labute approximate surface area is 215 Å². The lowest BCUT2D eigenvalue weighted by Gasteiger charge is -2.38. The van der Waals surface area contributed by atoms with Gasteiger partial charge in [0.25, 0.3) is 0 Å². The van der Waals surface area contributed by atoms with Crippen LogP contribution in [0.15, 0.2) is 90.4 Å². The van der Waals surface area contributed by atoms with Crippen LogP contribution in [0.1, 0.15) is 43.6 Å². The number of benzene rings is 1. The molecular weight excluding hydrogens is 448 g/mol. The van der Waals surface area contributed by atoms with E-state index in [1.807, 2.05) is 24.3 Å². The van der Waals surface area contributed by atoms with Crippen molar-refractivity contribution in [3.05, 3.63) is 102 Å². The van der Waals surface area contributed by atoms with E-state index in [1.54, 1.807) is 6.08 Å². The average molecular weight is 486 g/mol. The molecule has 0 saturated carbocycles. The first-order chi connectivity index (χ1) is 17.6. The van der Waals surface area contributed by atoms with Gasteiger partial charge in [-0.25, -0.2) is 9.37 Å². The summed E-state index contributed by atoms with van der Waals surface area (Å²) in [6.45, 7) is 16.2. The van der Waals surface area contributed by atoms with Crippen LogP contribution in [-0.4, -0.2) is 60.0 Å². The minimum atomic E-state index is -0.346. The number of allylic oxidation sites excluding steroid dienone is 4. The molecule has 2 unspecified atom stereocenters. The van der Waals surface area contributed by atoms with Crippen molar-refractivity contribution in [3.8, 4) is 0 Å². The second-order valence-electron chi connectivity index (χ2n) is 8.93. The zero-order valence-electron chi connectivity index (χ0n) is 21.9. The molecule has 36 heavy (non-hydrogen) atoms. The van der Waals surface area contributed by atoms with E-state index < -0.39 is 0 Å². The summed E-state index contributed by atoms with van der Waals surface area (Å²) in [5.74, 6) is 0.473. The van der Waals surface area contributed by atoms with Gasteiger partial charge in [0.2, 0.25) is 5.71 Å². The van der Waals surface area contributed by atoms with Gasteiger partial charge in [-0.1, -0.05) is 36.9 Å². The van der Waals surface area contributed by atoms with Gasteiger partial charge < -0.3 is 14.4 Å². The number of esters is 1. The number of rotatable bonds is 9. The van der Waals surface area contributed by atoms with Gasteiger partial charge in [0, 0.05) is 36.4 Å². The second-order valence-corrected chi connectivity index (χ2v) is 8.93. The van der Waals surface area contributed by atoms with Crippen LogP contribution in [0.25, 0.3) is 5.57 Å². The molecule has 1 heterocycles. The lowest BCUT2D eigenvalue weighted by Crippen LogP contribution is -2.34. The summed E-state index contributed by atoms with van der Waals surface area (Å²) in [6.07, 6.45) is 14.5. The van der Waals surface area contributed by atoms with Crippen molar-refractivity contribution >= 4 is 17.3 Å². The van der Waals surface area contributed by atoms with Crippen molar-refractivity contribution in [3.63, 3.8) is 0 Å². The minimum Gasteiger partial charge on any atom is -0.484 e. The van der Waals surface area contributed by atoms with Crippen LogP contribution in [0.3, 0.4) is 0 Å². The Bertz CT molecular complexity index is 1200. The fourth-order valence-electron chi connectivity index (χ4n) is 5.18. The molecule has 0 N–H and O–H groups in total. The number of ether oxygens (including phenoxy) is 2. The van der Waals surface area contributed by atoms with E-state index >= 15 is 0 Å². The topological polar surface area (TPSA) is 41.8 Å². The van der Waals surface area contributed by atoms with Crippen molar-refractivity contribution in [1.82, 2.24) is 4.90 Å². The Morgan fingerprint density at radius 3 is 2.56 bits per heavy atom. The largest absolute Gasteiger partial charge is 0.484 e. The molecule has 2 aliphatic carbocycles. The second kappa shape index (κ2) is 11.4. The summed E-state index contributed by atoms with van der Waals surface area (Å²) in [5, 5.41) is 0. The third kappa shape index (κ3) is 4.88. The van der Waals surface area contributed by atoms with Crippen LogP contribution in [0.2, 0.25) is 0 Å². The summed E-state index contributed by atoms with van der Waals surface area (Å²) in [5.41, 5.74) is 5.84. The van der Waals surface area contributed by atoms with E-state index in [4.69, 9.17) is 9.47 Å². The molecule has 4 rings (SSSR count). The number of hydrogen-bond donors (Lipinski definition) is 0. The van der Waals surface area contributed by atoms with Crippen LogP contribution >= 0.6 is 0 Å². The van der Waals surface area contributed by atoms with Crippen LogP contribution < -0.4 is 0 Å². The van der Waals surface area contributed by atoms with Crippen LogP contribution in [-0.2, 0) is 9.47 Å². The molecule has 5 heteroatoms. The molecule has 1 aromatic carbocycles. The van der Waals surface area contributed by atoms with E-state index in [1.165, 1.54) is 5.70 Å². The number of carbonyl (C=O) groups is 1. The maximum atomic E-state index is 13.0. The number of fused-ring (bicyclic) bond motifs is 2. The predicted octanol–water partition coefficient (Wildman–Crippen LogP) is 5.54. The van der Waals surface area contributed by atoms with Gasteiger partial charge in [-0.2, -0.15) is 0 Å².